The van der Waals surface area contributed by atoms with E-state index < -0.39 is 0 Å². The Morgan fingerprint density at radius 1 is 1.21 bits per heavy atom. The third kappa shape index (κ3) is 3.04. The van der Waals surface area contributed by atoms with Crippen LogP contribution in [-0.2, 0) is 0 Å². The highest BCUT2D eigenvalue weighted by Gasteiger charge is 2.33. The summed E-state index contributed by atoms with van der Waals surface area (Å²) >= 11 is 1.78. The van der Waals surface area contributed by atoms with Crippen molar-refractivity contribution in [1.82, 2.24) is 5.32 Å². The lowest BCUT2D eigenvalue weighted by Gasteiger charge is -2.23. The van der Waals surface area contributed by atoms with E-state index in [-0.39, 0.29) is 5.82 Å². The monoisotopic (exact) mass is 275 g/mol. The molecule has 1 unspecified atom stereocenters. The number of hydrogen-bond donors (Lipinski definition) is 1. The first-order valence-corrected chi connectivity index (χ1v) is 7.67. The Kier molecular flexibility index (Phi) is 3.67. The fourth-order valence-corrected chi connectivity index (χ4v) is 3.24. The molecule has 1 heterocycles. The second kappa shape index (κ2) is 5.43. The minimum absolute atomic E-state index is 0.162. The van der Waals surface area contributed by atoms with Crippen molar-refractivity contribution in [3.63, 3.8) is 0 Å². The summed E-state index contributed by atoms with van der Waals surface area (Å²) in [6, 6.07) is 11.9. The highest BCUT2D eigenvalue weighted by molar-refractivity contribution is 7.10. The van der Waals surface area contributed by atoms with Gasteiger partial charge in [-0.1, -0.05) is 18.2 Å². The van der Waals surface area contributed by atoms with E-state index in [9.17, 15) is 4.39 Å². The lowest BCUT2D eigenvalue weighted by Crippen LogP contribution is -2.25. The molecule has 0 saturated heterocycles. The molecule has 2 atom stereocenters. The normalized spacial score (nSPS) is 18.2. The molecule has 1 fully saturated rings. The number of nitrogens with one attached hydrogen (secondary N) is 1. The van der Waals surface area contributed by atoms with Gasteiger partial charge in [0.05, 0.1) is 0 Å². The zero-order valence-electron chi connectivity index (χ0n) is 11.0. The SMILES string of the molecule is C[C@H](NC(c1ccc(F)cc1)C1CC1)c1cccs1. The van der Waals surface area contributed by atoms with Gasteiger partial charge in [0.2, 0.25) is 0 Å². The van der Waals surface area contributed by atoms with Gasteiger partial charge in [-0.15, -0.1) is 11.3 Å². The quantitative estimate of drug-likeness (QED) is 0.834. The standard InChI is InChI=1S/C16H18FNS/c1-11(15-3-2-10-19-15)18-16(12-4-5-12)13-6-8-14(17)9-7-13/h2-3,6-12,16,18H,4-5H2,1H3/t11-,16?/m0/s1. The van der Waals surface area contributed by atoms with Gasteiger partial charge in [-0.2, -0.15) is 0 Å². The molecule has 19 heavy (non-hydrogen) atoms. The predicted octanol–water partition coefficient (Wildman–Crippen LogP) is 4.69. The van der Waals surface area contributed by atoms with Gasteiger partial charge in [-0.3, -0.25) is 0 Å². The molecule has 0 spiro atoms. The van der Waals surface area contributed by atoms with Gasteiger partial charge < -0.3 is 5.32 Å². The van der Waals surface area contributed by atoms with Crippen LogP contribution in [0.1, 0.15) is 42.3 Å². The molecule has 0 aliphatic heterocycles. The third-order valence-corrected chi connectivity index (χ3v) is 4.78. The van der Waals surface area contributed by atoms with Crippen molar-refractivity contribution in [1.29, 1.82) is 0 Å². The minimum Gasteiger partial charge on any atom is -0.302 e. The molecule has 1 aromatic carbocycles. The molecular weight excluding hydrogens is 257 g/mol. The van der Waals surface area contributed by atoms with Crippen LogP contribution in [0.2, 0.25) is 0 Å². The van der Waals surface area contributed by atoms with Gasteiger partial charge in [-0.25, -0.2) is 4.39 Å². The Labute approximate surface area is 117 Å². The Morgan fingerprint density at radius 2 is 1.95 bits per heavy atom. The first-order chi connectivity index (χ1) is 9.24. The Morgan fingerprint density at radius 3 is 2.53 bits per heavy atom. The lowest BCUT2D eigenvalue weighted by molar-refractivity contribution is 0.430. The maximum absolute atomic E-state index is 13.0. The summed E-state index contributed by atoms with van der Waals surface area (Å²) in [5, 5.41) is 5.81. The largest absolute Gasteiger partial charge is 0.302 e. The fraction of sp³-hybridized carbons (Fsp3) is 0.375. The molecule has 0 bridgehead atoms. The van der Waals surface area contributed by atoms with Gasteiger partial charge >= 0.3 is 0 Å². The van der Waals surface area contributed by atoms with Crippen LogP contribution < -0.4 is 5.32 Å². The maximum Gasteiger partial charge on any atom is 0.123 e. The van der Waals surface area contributed by atoms with Gasteiger partial charge in [0.25, 0.3) is 0 Å². The summed E-state index contributed by atoms with van der Waals surface area (Å²) in [6.45, 7) is 2.20. The first-order valence-electron chi connectivity index (χ1n) is 6.79. The van der Waals surface area contributed by atoms with E-state index in [0.717, 1.165) is 0 Å². The van der Waals surface area contributed by atoms with Crippen molar-refractivity contribution < 1.29 is 4.39 Å². The smallest absolute Gasteiger partial charge is 0.123 e. The zero-order valence-corrected chi connectivity index (χ0v) is 11.8. The van der Waals surface area contributed by atoms with E-state index in [2.05, 4.69) is 29.8 Å². The summed E-state index contributed by atoms with van der Waals surface area (Å²) in [5.41, 5.74) is 1.20. The first kappa shape index (κ1) is 12.8. The summed E-state index contributed by atoms with van der Waals surface area (Å²) in [4.78, 5) is 1.35. The molecular formula is C16H18FNS. The molecule has 3 heteroatoms. The van der Waals surface area contributed by atoms with Gasteiger partial charge in [0.1, 0.15) is 5.82 Å². The molecule has 2 aromatic rings. The van der Waals surface area contributed by atoms with Crippen molar-refractivity contribution in [3.05, 3.63) is 58.0 Å². The van der Waals surface area contributed by atoms with Crippen molar-refractivity contribution >= 4 is 11.3 Å². The number of rotatable bonds is 5. The van der Waals surface area contributed by atoms with Crippen LogP contribution >= 0.6 is 11.3 Å². The van der Waals surface area contributed by atoms with Crippen LogP contribution in [0.15, 0.2) is 41.8 Å². The molecule has 0 amide bonds. The zero-order chi connectivity index (χ0) is 13.2. The Bertz CT molecular complexity index is 516. The van der Waals surface area contributed by atoms with E-state index in [1.165, 1.54) is 23.3 Å². The van der Waals surface area contributed by atoms with Crippen molar-refractivity contribution in [2.45, 2.75) is 31.8 Å². The van der Waals surface area contributed by atoms with Crippen LogP contribution in [0.4, 0.5) is 4.39 Å². The number of benzene rings is 1. The summed E-state index contributed by atoms with van der Waals surface area (Å²) in [7, 11) is 0. The van der Waals surface area contributed by atoms with Gasteiger partial charge in [-0.05, 0) is 54.8 Å². The second-order valence-corrected chi connectivity index (χ2v) is 6.25. The van der Waals surface area contributed by atoms with Crippen LogP contribution in [0.3, 0.4) is 0 Å². The molecule has 1 aliphatic carbocycles. The summed E-state index contributed by atoms with van der Waals surface area (Å²) < 4.78 is 13.0. The Balaban J connectivity index is 1.76. The molecule has 100 valence electrons. The van der Waals surface area contributed by atoms with Crippen LogP contribution in [0, 0.1) is 11.7 Å². The molecule has 1 aromatic heterocycles. The molecule has 3 rings (SSSR count). The topological polar surface area (TPSA) is 12.0 Å². The third-order valence-electron chi connectivity index (χ3n) is 3.72. The second-order valence-electron chi connectivity index (χ2n) is 5.27. The number of thiophene rings is 1. The molecule has 1 saturated carbocycles. The van der Waals surface area contributed by atoms with Crippen molar-refractivity contribution in [2.24, 2.45) is 5.92 Å². The van der Waals surface area contributed by atoms with E-state index in [1.54, 1.807) is 23.5 Å². The van der Waals surface area contributed by atoms with Crippen LogP contribution in [0.5, 0.6) is 0 Å². The molecule has 1 N–H and O–H groups in total. The maximum atomic E-state index is 13.0. The van der Waals surface area contributed by atoms with Crippen LogP contribution in [-0.4, -0.2) is 0 Å². The summed E-state index contributed by atoms with van der Waals surface area (Å²) in [5.74, 6) is 0.539. The average molecular weight is 275 g/mol. The molecule has 1 nitrogen and oxygen atoms in total. The van der Waals surface area contributed by atoms with E-state index in [4.69, 9.17) is 0 Å². The van der Waals surface area contributed by atoms with Crippen molar-refractivity contribution in [2.75, 3.05) is 0 Å². The van der Waals surface area contributed by atoms with Crippen LogP contribution in [0.25, 0.3) is 0 Å². The van der Waals surface area contributed by atoms with Gasteiger partial charge in [0.15, 0.2) is 0 Å². The lowest BCUT2D eigenvalue weighted by atomic mass is 10.0. The minimum atomic E-state index is -0.162. The number of halogens is 1. The van der Waals surface area contributed by atoms with Crippen molar-refractivity contribution in [3.8, 4) is 0 Å². The molecule has 0 radical (unpaired) electrons. The van der Waals surface area contributed by atoms with Gasteiger partial charge in [0, 0.05) is 17.0 Å². The molecule has 1 aliphatic rings. The average Bonchev–Trinajstić information content (AvgIpc) is 3.10. The highest BCUT2D eigenvalue weighted by Crippen LogP contribution is 2.42. The van der Waals surface area contributed by atoms with E-state index in [1.807, 2.05) is 12.1 Å². The summed E-state index contributed by atoms with van der Waals surface area (Å²) in [6.07, 6.45) is 2.54. The predicted molar refractivity (Wildman–Crippen MR) is 77.7 cm³/mol. The Hall–Kier alpha value is -1.19. The fourth-order valence-electron chi connectivity index (χ4n) is 2.49. The number of hydrogen-bond acceptors (Lipinski definition) is 2. The van der Waals surface area contributed by atoms with E-state index >= 15 is 0 Å². The highest BCUT2D eigenvalue weighted by atomic mass is 32.1. The van der Waals surface area contributed by atoms with E-state index in [0.29, 0.717) is 18.0 Å².